The molecule has 2 aromatic heterocycles. The topological polar surface area (TPSA) is 45.5 Å². The summed E-state index contributed by atoms with van der Waals surface area (Å²) in [5, 5.41) is 8.02. The Hall–Kier alpha value is -1.14. The number of halogens is 1. The van der Waals surface area contributed by atoms with E-state index >= 15 is 0 Å². The minimum atomic E-state index is 0.499. The molecular weight excluding hydrogens is 306 g/mol. The molecule has 3 aliphatic heterocycles. The Labute approximate surface area is 120 Å². The molecule has 3 fully saturated rings. The predicted molar refractivity (Wildman–Crippen MR) is 77.3 cm³/mol. The van der Waals surface area contributed by atoms with Crippen molar-refractivity contribution in [3.05, 3.63) is 22.8 Å². The second-order valence-electron chi connectivity index (χ2n) is 5.45. The number of anilines is 1. The van der Waals surface area contributed by atoms with Crippen molar-refractivity contribution in [1.82, 2.24) is 19.5 Å². The van der Waals surface area contributed by atoms with Crippen LogP contribution in [0, 0.1) is 5.92 Å². The second-order valence-corrected chi connectivity index (χ2v) is 6.30. The highest BCUT2D eigenvalue weighted by atomic mass is 79.9. The smallest absolute Gasteiger partial charge is 0.243 e. The molecule has 0 spiro atoms. The highest BCUT2D eigenvalue weighted by Gasteiger charge is 2.34. The fraction of sp³-hybridized carbons (Fsp3) is 0.538. The number of rotatable bonds is 2. The standard InChI is InChI=1S/C13H16BrN5/c14-10-2-1-5-19-12(10)16-13(17-19)15-11-8-18-6-3-9(11)4-7-18/h1-2,5,9,11H,3-4,6-8H2,(H,15,17). The quantitative estimate of drug-likeness (QED) is 0.919. The predicted octanol–water partition coefficient (Wildman–Crippen LogP) is 2.00. The van der Waals surface area contributed by atoms with Gasteiger partial charge in [-0.05, 0) is 59.9 Å². The van der Waals surface area contributed by atoms with E-state index in [1.165, 1.54) is 25.9 Å². The molecule has 0 amide bonds. The summed E-state index contributed by atoms with van der Waals surface area (Å²) in [6, 6.07) is 4.45. The largest absolute Gasteiger partial charge is 0.349 e. The summed E-state index contributed by atoms with van der Waals surface area (Å²) in [5.74, 6) is 1.52. The van der Waals surface area contributed by atoms with Gasteiger partial charge in [-0.3, -0.25) is 0 Å². The van der Waals surface area contributed by atoms with Gasteiger partial charge in [0.2, 0.25) is 5.95 Å². The molecule has 1 N–H and O–H groups in total. The fourth-order valence-electron chi connectivity index (χ4n) is 3.23. The first-order valence-corrected chi connectivity index (χ1v) is 7.59. The first kappa shape index (κ1) is 11.7. The van der Waals surface area contributed by atoms with Crippen molar-refractivity contribution in [1.29, 1.82) is 0 Å². The van der Waals surface area contributed by atoms with Gasteiger partial charge in [-0.2, -0.15) is 4.98 Å². The van der Waals surface area contributed by atoms with Crippen molar-refractivity contribution >= 4 is 27.5 Å². The maximum absolute atomic E-state index is 4.57. The maximum Gasteiger partial charge on any atom is 0.243 e. The molecule has 0 aromatic carbocycles. The number of pyridine rings is 1. The van der Waals surface area contributed by atoms with Crippen molar-refractivity contribution in [3.8, 4) is 0 Å². The molecule has 1 atom stereocenters. The molecule has 0 radical (unpaired) electrons. The molecule has 1 unspecified atom stereocenters. The number of hydrogen-bond donors (Lipinski definition) is 1. The number of piperidine rings is 3. The third-order valence-corrected chi connectivity index (χ3v) is 4.90. The third-order valence-electron chi connectivity index (χ3n) is 4.29. The molecule has 3 aliphatic rings. The Morgan fingerprint density at radius 2 is 2.16 bits per heavy atom. The van der Waals surface area contributed by atoms with Crippen LogP contribution in [0.5, 0.6) is 0 Å². The summed E-state index contributed by atoms with van der Waals surface area (Å²) in [6.07, 6.45) is 4.53. The van der Waals surface area contributed by atoms with Crippen LogP contribution in [0.15, 0.2) is 22.8 Å². The van der Waals surface area contributed by atoms with Crippen molar-refractivity contribution in [2.24, 2.45) is 5.92 Å². The molecule has 100 valence electrons. The first-order valence-electron chi connectivity index (χ1n) is 6.79. The minimum absolute atomic E-state index is 0.499. The van der Waals surface area contributed by atoms with Crippen LogP contribution >= 0.6 is 15.9 Å². The molecule has 2 bridgehead atoms. The average molecular weight is 322 g/mol. The van der Waals surface area contributed by atoms with Crippen LogP contribution in [0.1, 0.15) is 12.8 Å². The lowest BCUT2D eigenvalue weighted by Gasteiger charge is -2.44. The van der Waals surface area contributed by atoms with Crippen molar-refractivity contribution in [3.63, 3.8) is 0 Å². The lowest BCUT2D eigenvalue weighted by Crippen LogP contribution is -2.53. The van der Waals surface area contributed by atoms with E-state index in [4.69, 9.17) is 0 Å². The van der Waals surface area contributed by atoms with Gasteiger partial charge in [-0.25, -0.2) is 4.52 Å². The van der Waals surface area contributed by atoms with E-state index < -0.39 is 0 Å². The first-order chi connectivity index (χ1) is 9.29. The summed E-state index contributed by atoms with van der Waals surface area (Å²) in [7, 11) is 0. The van der Waals surface area contributed by atoms with E-state index in [1.54, 1.807) is 0 Å². The van der Waals surface area contributed by atoms with Crippen LogP contribution in [0.4, 0.5) is 5.95 Å². The molecule has 2 aromatic rings. The number of aromatic nitrogens is 3. The number of nitrogens with one attached hydrogen (secondary N) is 1. The van der Waals surface area contributed by atoms with Crippen LogP contribution in [-0.4, -0.2) is 45.2 Å². The lowest BCUT2D eigenvalue weighted by molar-refractivity contribution is 0.0972. The zero-order valence-corrected chi connectivity index (χ0v) is 12.2. The van der Waals surface area contributed by atoms with E-state index in [-0.39, 0.29) is 0 Å². The Morgan fingerprint density at radius 1 is 1.32 bits per heavy atom. The van der Waals surface area contributed by atoms with E-state index in [2.05, 4.69) is 36.2 Å². The summed E-state index contributed by atoms with van der Waals surface area (Å²) in [5.41, 5.74) is 0.867. The summed E-state index contributed by atoms with van der Waals surface area (Å²) in [4.78, 5) is 7.10. The zero-order valence-electron chi connectivity index (χ0n) is 10.6. The molecular formula is C13H16BrN5. The van der Waals surface area contributed by atoms with Gasteiger partial charge < -0.3 is 10.2 Å². The van der Waals surface area contributed by atoms with Crippen molar-refractivity contribution in [2.45, 2.75) is 18.9 Å². The summed E-state index contributed by atoms with van der Waals surface area (Å²) < 4.78 is 2.79. The van der Waals surface area contributed by atoms with Crippen LogP contribution in [0.25, 0.3) is 5.65 Å². The average Bonchev–Trinajstić information content (AvgIpc) is 2.84. The van der Waals surface area contributed by atoms with E-state index in [1.807, 2.05) is 22.8 Å². The van der Waals surface area contributed by atoms with Gasteiger partial charge in [0.25, 0.3) is 0 Å². The summed E-state index contributed by atoms with van der Waals surface area (Å²) in [6.45, 7) is 3.64. The van der Waals surface area contributed by atoms with Gasteiger partial charge in [0.1, 0.15) is 0 Å². The van der Waals surface area contributed by atoms with Gasteiger partial charge in [0.05, 0.1) is 4.47 Å². The number of hydrogen-bond acceptors (Lipinski definition) is 4. The van der Waals surface area contributed by atoms with Gasteiger partial charge in [-0.1, -0.05) is 0 Å². The zero-order chi connectivity index (χ0) is 12.8. The Bertz CT molecular complexity index is 602. The second kappa shape index (κ2) is 4.45. The SMILES string of the molecule is Brc1cccn2nc(NC3CN4CCC3CC4)nc12. The van der Waals surface area contributed by atoms with Gasteiger partial charge in [-0.15, -0.1) is 5.10 Å². The molecule has 6 heteroatoms. The minimum Gasteiger partial charge on any atom is -0.349 e. The highest BCUT2D eigenvalue weighted by Crippen LogP contribution is 2.29. The molecule has 5 nitrogen and oxygen atoms in total. The van der Waals surface area contributed by atoms with E-state index in [0.29, 0.717) is 6.04 Å². The van der Waals surface area contributed by atoms with Crippen LogP contribution in [0.2, 0.25) is 0 Å². The molecule has 0 aliphatic carbocycles. The normalized spacial score (nSPS) is 29.8. The Kier molecular flexibility index (Phi) is 2.73. The van der Waals surface area contributed by atoms with Crippen LogP contribution < -0.4 is 5.32 Å². The number of fused-ring (bicyclic) bond motifs is 4. The van der Waals surface area contributed by atoms with Crippen molar-refractivity contribution < 1.29 is 0 Å². The Morgan fingerprint density at radius 3 is 2.84 bits per heavy atom. The van der Waals surface area contributed by atoms with E-state index in [0.717, 1.165) is 28.5 Å². The number of nitrogens with zero attached hydrogens (tertiary/aromatic N) is 4. The molecule has 3 saturated heterocycles. The molecule has 0 saturated carbocycles. The maximum atomic E-state index is 4.57. The van der Waals surface area contributed by atoms with Gasteiger partial charge in [0, 0.05) is 18.8 Å². The van der Waals surface area contributed by atoms with Crippen LogP contribution in [0.3, 0.4) is 0 Å². The lowest BCUT2D eigenvalue weighted by atomic mass is 9.84. The van der Waals surface area contributed by atoms with Gasteiger partial charge in [0.15, 0.2) is 5.65 Å². The highest BCUT2D eigenvalue weighted by molar-refractivity contribution is 9.10. The molecule has 19 heavy (non-hydrogen) atoms. The fourth-order valence-corrected chi connectivity index (χ4v) is 3.65. The Balaban J connectivity index is 1.60. The van der Waals surface area contributed by atoms with Gasteiger partial charge >= 0.3 is 0 Å². The monoisotopic (exact) mass is 321 g/mol. The molecule has 5 heterocycles. The molecule has 5 rings (SSSR count). The van der Waals surface area contributed by atoms with Crippen LogP contribution in [-0.2, 0) is 0 Å². The van der Waals surface area contributed by atoms with E-state index in [9.17, 15) is 0 Å². The summed E-state index contributed by atoms with van der Waals surface area (Å²) >= 11 is 3.51. The third kappa shape index (κ3) is 2.03. The van der Waals surface area contributed by atoms with Crippen molar-refractivity contribution in [2.75, 3.05) is 25.0 Å².